The Morgan fingerprint density at radius 2 is 2.28 bits per heavy atom. The van der Waals surface area contributed by atoms with Crippen LogP contribution in [0.15, 0.2) is 12.4 Å². The lowest BCUT2D eigenvalue weighted by Crippen LogP contribution is -2.27. The molecule has 1 amide bonds. The smallest absolute Gasteiger partial charge is 0.220 e. The minimum atomic E-state index is -0.0288. The van der Waals surface area contributed by atoms with Gasteiger partial charge in [-0.05, 0) is 19.3 Å². The quantitative estimate of drug-likeness (QED) is 0.843. The van der Waals surface area contributed by atoms with E-state index < -0.39 is 0 Å². The fraction of sp³-hybridized carbons (Fsp3) is 0.714. The molecule has 0 spiro atoms. The predicted octanol–water partition coefficient (Wildman–Crippen LogP) is 2.95. The van der Waals surface area contributed by atoms with Gasteiger partial charge in [0.25, 0.3) is 0 Å². The Balaban J connectivity index is 1.68. The first-order valence-electron chi connectivity index (χ1n) is 7.04. The summed E-state index contributed by atoms with van der Waals surface area (Å²) in [5.41, 5.74) is 0. The number of rotatable bonds is 5. The van der Waals surface area contributed by atoms with Gasteiger partial charge in [-0.15, -0.1) is 0 Å². The number of carbonyl (C=O) groups excluding carboxylic acids is 1. The monoisotopic (exact) mass is 249 g/mol. The molecule has 2 rings (SSSR count). The van der Waals surface area contributed by atoms with Crippen molar-refractivity contribution in [1.29, 1.82) is 0 Å². The standard InChI is InChI=1S/C14H23N3O/c1-11(14-15-9-10-16-14)17-13(18)8-7-12-5-3-2-4-6-12/h9-12H,2-8H2,1H3,(H,15,16)(H,17,18). The van der Waals surface area contributed by atoms with Crippen LogP contribution in [0.4, 0.5) is 0 Å². The highest BCUT2D eigenvalue weighted by atomic mass is 16.1. The zero-order valence-corrected chi connectivity index (χ0v) is 11.1. The average molecular weight is 249 g/mol. The van der Waals surface area contributed by atoms with E-state index in [2.05, 4.69) is 15.3 Å². The third kappa shape index (κ3) is 3.86. The van der Waals surface area contributed by atoms with Crippen molar-refractivity contribution >= 4 is 5.91 Å². The molecule has 0 bridgehead atoms. The molecule has 18 heavy (non-hydrogen) atoms. The molecule has 1 aromatic heterocycles. The van der Waals surface area contributed by atoms with E-state index in [1.54, 1.807) is 12.4 Å². The van der Waals surface area contributed by atoms with Crippen molar-refractivity contribution in [2.75, 3.05) is 0 Å². The lowest BCUT2D eigenvalue weighted by molar-refractivity contribution is -0.122. The molecule has 0 aromatic carbocycles. The SMILES string of the molecule is CC(NC(=O)CCC1CCCCC1)c1ncc[nH]1. The molecule has 2 N–H and O–H groups in total. The van der Waals surface area contributed by atoms with E-state index in [-0.39, 0.29) is 11.9 Å². The summed E-state index contributed by atoms with van der Waals surface area (Å²) in [5.74, 6) is 1.73. The molecule has 1 heterocycles. The molecule has 1 unspecified atom stereocenters. The van der Waals surface area contributed by atoms with Crippen molar-refractivity contribution in [3.8, 4) is 0 Å². The number of hydrogen-bond acceptors (Lipinski definition) is 2. The van der Waals surface area contributed by atoms with E-state index in [9.17, 15) is 4.79 Å². The largest absolute Gasteiger partial charge is 0.347 e. The van der Waals surface area contributed by atoms with Crippen LogP contribution in [0.25, 0.3) is 0 Å². The topological polar surface area (TPSA) is 57.8 Å². The highest BCUT2D eigenvalue weighted by molar-refractivity contribution is 5.76. The molecule has 1 aliphatic carbocycles. The summed E-state index contributed by atoms with van der Waals surface area (Å²) in [6.07, 6.45) is 11.8. The molecule has 4 heteroatoms. The predicted molar refractivity (Wildman–Crippen MR) is 71.0 cm³/mol. The number of imidazole rings is 1. The zero-order valence-electron chi connectivity index (χ0n) is 11.1. The van der Waals surface area contributed by atoms with E-state index in [4.69, 9.17) is 0 Å². The Morgan fingerprint density at radius 1 is 1.50 bits per heavy atom. The first-order valence-corrected chi connectivity index (χ1v) is 7.04. The molecule has 1 fully saturated rings. The molecule has 0 radical (unpaired) electrons. The van der Waals surface area contributed by atoms with Crippen LogP contribution < -0.4 is 5.32 Å². The summed E-state index contributed by atoms with van der Waals surface area (Å²) < 4.78 is 0. The first-order chi connectivity index (χ1) is 8.75. The van der Waals surface area contributed by atoms with E-state index in [1.165, 1.54) is 32.1 Å². The van der Waals surface area contributed by atoms with E-state index in [0.717, 1.165) is 18.2 Å². The van der Waals surface area contributed by atoms with Crippen LogP contribution >= 0.6 is 0 Å². The second-order valence-corrected chi connectivity index (χ2v) is 5.31. The van der Waals surface area contributed by atoms with Crippen molar-refractivity contribution in [3.05, 3.63) is 18.2 Å². The summed E-state index contributed by atoms with van der Waals surface area (Å²) in [5, 5.41) is 2.99. The Bertz CT molecular complexity index is 355. The van der Waals surface area contributed by atoms with Gasteiger partial charge in [0, 0.05) is 18.8 Å². The average Bonchev–Trinajstić information content (AvgIpc) is 2.91. The number of nitrogens with zero attached hydrogens (tertiary/aromatic N) is 1. The summed E-state index contributed by atoms with van der Waals surface area (Å²) in [6.45, 7) is 1.96. The van der Waals surface area contributed by atoms with E-state index in [0.29, 0.717) is 6.42 Å². The van der Waals surface area contributed by atoms with Gasteiger partial charge in [-0.2, -0.15) is 0 Å². The fourth-order valence-corrected chi connectivity index (χ4v) is 2.71. The number of aromatic nitrogens is 2. The second kappa shape index (κ2) is 6.57. The maximum Gasteiger partial charge on any atom is 0.220 e. The zero-order chi connectivity index (χ0) is 12.8. The van der Waals surface area contributed by atoms with Gasteiger partial charge in [0.15, 0.2) is 0 Å². The minimum absolute atomic E-state index is 0.0288. The molecular formula is C14H23N3O. The van der Waals surface area contributed by atoms with Crippen LogP contribution in [-0.4, -0.2) is 15.9 Å². The maximum absolute atomic E-state index is 11.8. The van der Waals surface area contributed by atoms with E-state index >= 15 is 0 Å². The number of hydrogen-bond donors (Lipinski definition) is 2. The van der Waals surface area contributed by atoms with Gasteiger partial charge >= 0.3 is 0 Å². The van der Waals surface area contributed by atoms with Gasteiger partial charge < -0.3 is 10.3 Å². The van der Waals surface area contributed by atoms with Crippen molar-refractivity contribution in [2.24, 2.45) is 5.92 Å². The van der Waals surface area contributed by atoms with E-state index in [1.807, 2.05) is 6.92 Å². The fourth-order valence-electron chi connectivity index (χ4n) is 2.71. The summed E-state index contributed by atoms with van der Waals surface area (Å²) >= 11 is 0. The first kappa shape index (κ1) is 13.1. The maximum atomic E-state index is 11.8. The number of aromatic amines is 1. The molecule has 1 atom stereocenters. The number of nitrogens with one attached hydrogen (secondary N) is 2. The summed E-state index contributed by atoms with van der Waals surface area (Å²) in [7, 11) is 0. The van der Waals surface area contributed by atoms with Crippen molar-refractivity contribution in [2.45, 2.75) is 57.9 Å². The van der Waals surface area contributed by atoms with Crippen molar-refractivity contribution in [1.82, 2.24) is 15.3 Å². The molecule has 4 nitrogen and oxygen atoms in total. The molecule has 100 valence electrons. The molecule has 0 aliphatic heterocycles. The molecular weight excluding hydrogens is 226 g/mol. The van der Waals surface area contributed by atoms with Crippen molar-refractivity contribution in [3.63, 3.8) is 0 Å². The number of H-pyrrole nitrogens is 1. The van der Waals surface area contributed by atoms with Crippen LogP contribution in [0.1, 0.15) is 63.7 Å². The molecule has 1 aliphatic rings. The highest BCUT2D eigenvalue weighted by Gasteiger charge is 2.16. The van der Waals surface area contributed by atoms with Crippen LogP contribution in [0.2, 0.25) is 0 Å². The van der Waals surface area contributed by atoms with Gasteiger partial charge in [0.2, 0.25) is 5.91 Å². The third-order valence-corrected chi connectivity index (χ3v) is 3.81. The Kier molecular flexibility index (Phi) is 4.79. The van der Waals surface area contributed by atoms with Crippen molar-refractivity contribution < 1.29 is 4.79 Å². The third-order valence-electron chi connectivity index (χ3n) is 3.81. The molecule has 1 aromatic rings. The van der Waals surface area contributed by atoms with Crippen LogP contribution in [0.3, 0.4) is 0 Å². The Labute approximate surface area is 109 Å². The minimum Gasteiger partial charge on any atom is -0.347 e. The van der Waals surface area contributed by atoms with Gasteiger partial charge in [-0.25, -0.2) is 4.98 Å². The van der Waals surface area contributed by atoms with Gasteiger partial charge in [0.05, 0.1) is 6.04 Å². The van der Waals surface area contributed by atoms with Gasteiger partial charge in [-0.1, -0.05) is 32.1 Å². The lowest BCUT2D eigenvalue weighted by Gasteiger charge is -2.21. The highest BCUT2D eigenvalue weighted by Crippen LogP contribution is 2.27. The molecule has 0 saturated heterocycles. The summed E-state index contributed by atoms with van der Waals surface area (Å²) in [4.78, 5) is 19.0. The Morgan fingerprint density at radius 3 is 2.94 bits per heavy atom. The van der Waals surface area contributed by atoms with Gasteiger partial charge in [-0.3, -0.25) is 4.79 Å². The number of carbonyl (C=O) groups is 1. The van der Waals surface area contributed by atoms with Gasteiger partial charge in [0.1, 0.15) is 5.82 Å². The summed E-state index contributed by atoms with van der Waals surface area (Å²) in [6, 6.07) is -0.0288. The van der Waals surface area contributed by atoms with Crippen LogP contribution in [0.5, 0.6) is 0 Å². The lowest BCUT2D eigenvalue weighted by atomic mass is 9.86. The number of amides is 1. The second-order valence-electron chi connectivity index (χ2n) is 5.31. The Hall–Kier alpha value is -1.32. The van der Waals surface area contributed by atoms with Crippen LogP contribution in [-0.2, 0) is 4.79 Å². The molecule has 1 saturated carbocycles. The van der Waals surface area contributed by atoms with Crippen LogP contribution in [0, 0.1) is 5.92 Å². The normalized spacial score (nSPS) is 18.5.